The van der Waals surface area contributed by atoms with Gasteiger partial charge in [0, 0.05) is 24.3 Å². The molecule has 2 heterocycles. The third-order valence-electron chi connectivity index (χ3n) is 4.26. The van der Waals surface area contributed by atoms with Gasteiger partial charge in [-0.15, -0.1) is 10.8 Å². The van der Waals surface area contributed by atoms with Gasteiger partial charge in [-0.25, -0.2) is 0 Å². The van der Waals surface area contributed by atoms with Crippen molar-refractivity contribution < 1.29 is 19.2 Å². The number of aromatic nitrogens is 1. The lowest BCUT2D eigenvalue weighted by Crippen LogP contribution is -2.32. The van der Waals surface area contributed by atoms with Crippen molar-refractivity contribution in [3.63, 3.8) is 0 Å². The number of aliphatic carboxylic acids is 1. The lowest BCUT2D eigenvalue weighted by molar-refractivity contribution is -0.465. The fraction of sp³-hybridized carbons (Fsp3) is 0.105. The Kier molecular flexibility index (Phi) is 4.21. The molecule has 0 fully saturated rings. The van der Waals surface area contributed by atoms with Gasteiger partial charge in [-0.05, 0) is 24.6 Å². The van der Waals surface area contributed by atoms with E-state index >= 15 is 0 Å². The lowest BCUT2D eigenvalue weighted by atomic mass is 9.96. The Balaban J connectivity index is 2.23. The average molecular weight is 349 g/mol. The second-order valence-corrected chi connectivity index (χ2v) is 5.87. The summed E-state index contributed by atoms with van der Waals surface area (Å²) in [6.45, 7) is 9.42. The number of pyridine rings is 1. The number of fused-ring (bicyclic) bond motifs is 1. The van der Waals surface area contributed by atoms with E-state index < -0.39 is 5.97 Å². The van der Waals surface area contributed by atoms with Gasteiger partial charge in [-0.3, -0.25) is 4.58 Å². The zero-order valence-corrected chi connectivity index (χ0v) is 14.5. The molecule has 0 amide bonds. The minimum atomic E-state index is -1.36. The van der Waals surface area contributed by atoms with Crippen LogP contribution >= 0.6 is 0 Å². The molecule has 1 aliphatic heterocycles. The largest absolute Gasteiger partial charge is 0.591 e. The van der Waals surface area contributed by atoms with Crippen LogP contribution in [0.1, 0.15) is 12.5 Å². The highest BCUT2D eigenvalue weighted by atomic mass is 16.4. The van der Waals surface area contributed by atoms with Crippen molar-refractivity contribution in [3.05, 3.63) is 69.4 Å². The van der Waals surface area contributed by atoms with Gasteiger partial charge in [-0.2, -0.15) is 0 Å². The number of carbonyl (C=O) groups is 1. The third-order valence-corrected chi connectivity index (χ3v) is 4.26. The predicted molar refractivity (Wildman–Crippen MR) is 95.3 cm³/mol. The van der Waals surface area contributed by atoms with E-state index in [-0.39, 0.29) is 16.6 Å². The highest BCUT2D eigenvalue weighted by molar-refractivity contribution is 5.96. The second kappa shape index (κ2) is 6.36. The Hall–Kier alpha value is -3.61. The van der Waals surface area contributed by atoms with Crippen molar-refractivity contribution in [2.45, 2.75) is 6.92 Å². The molecule has 0 saturated carbocycles. The number of carboxylic acid groups (broad SMARTS) is 1. The smallest absolute Gasteiger partial charge is 0.198 e. The number of aryl methyl sites for hydroxylation is 1. The van der Waals surface area contributed by atoms with Crippen LogP contribution in [0.3, 0.4) is 0 Å². The molecule has 0 aliphatic carbocycles. The molecule has 3 rings (SSSR count). The van der Waals surface area contributed by atoms with Gasteiger partial charge in [0.2, 0.25) is 0 Å². The normalized spacial score (nSPS) is 14.1. The Morgan fingerprint density at radius 1 is 1.38 bits per heavy atom. The minimum absolute atomic E-state index is 0.0799. The Morgan fingerprint density at radius 2 is 2.12 bits per heavy atom. The standard InChI is InChI=1S/C19H18N4O3/c1-12-13(19(25)26)11-14-16(24)9-8-15(18(14)22(12)3)23(4)20-17-7-5-6-10-21(17)2/h5-11H,3-4H2,1-2H3,(H,25,26)/p-1/b20-17-. The maximum atomic E-state index is 12.3. The molecule has 0 atom stereocenters. The molecule has 132 valence electrons. The molecule has 0 bridgehead atoms. The SMILES string of the molecule is C=[N+]1c2c(c(=O)cc[c-]2[N+](=C)/N=c2/ccccn2C)C=C(C(=O)[O-])[C-]1C. The summed E-state index contributed by atoms with van der Waals surface area (Å²) in [6.07, 6.45) is 3.16. The summed E-state index contributed by atoms with van der Waals surface area (Å²) >= 11 is 0. The summed E-state index contributed by atoms with van der Waals surface area (Å²) in [6, 6.07) is 8.85. The zero-order valence-electron chi connectivity index (χ0n) is 14.5. The molecule has 0 N–H and O–H groups in total. The number of nitrogens with zero attached hydrogens (tertiary/aromatic N) is 4. The topological polar surface area (TPSA) is 80.5 Å². The summed E-state index contributed by atoms with van der Waals surface area (Å²) in [7, 11) is 1.85. The van der Waals surface area contributed by atoms with Crippen molar-refractivity contribution in [2.75, 3.05) is 0 Å². The van der Waals surface area contributed by atoms with E-state index in [1.165, 1.54) is 21.4 Å². The van der Waals surface area contributed by atoms with Crippen molar-refractivity contribution in [1.29, 1.82) is 0 Å². The first kappa shape index (κ1) is 17.2. The fourth-order valence-corrected chi connectivity index (χ4v) is 2.77. The summed E-state index contributed by atoms with van der Waals surface area (Å²) in [5.41, 5.74) is 1.43. The number of benzene rings is 1. The van der Waals surface area contributed by atoms with E-state index in [0.717, 1.165) is 0 Å². The molecule has 1 aliphatic rings. The average Bonchev–Trinajstić information content (AvgIpc) is 2.60. The minimum Gasteiger partial charge on any atom is -0.591 e. The van der Waals surface area contributed by atoms with E-state index in [0.29, 0.717) is 22.9 Å². The molecule has 0 unspecified atom stereocenters. The predicted octanol–water partition coefficient (Wildman–Crippen LogP) is 0.00809. The second-order valence-electron chi connectivity index (χ2n) is 5.87. The zero-order chi connectivity index (χ0) is 19.0. The van der Waals surface area contributed by atoms with Crippen molar-refractivity contribution in [1.82, 2.24) is 4.57 Å². The first-order chi connectivity index (χ1) is 12.3. The van der Waals surface area contributed by atoms with Crippen LogP contribution in [0.2, 0.25) is 0 Å². The monoisotopic (exact) mass is 349 g/mol. The van der Waals surface area contributed by atoms with Crippen LogP contribution in [0, 0.1) is 6.04 Å². The fourth-order valence-electron chi connectivity index (χ4n) is 2.77. The van der Waals surface area contributed by atoms with Gasteiger partial charge >= 0.3 is 0 Å². The molecular formula is C19H17N4O3-. The Labute approximate surface area is 149 Å². The van der Waals surface area contributed by atoms with Gasteiger partial charge in [0.05, 0.1) is 18.9 Å². The van der Waals surface area contributed by atoms with Crippen molar-refractivity contribution in [3.8, 4) is 0 Å². The van der Waals surface area contributed by atoms with E-state index in [1.54, 1.807) is 13.0 Å². The van der Waals surface area contributed by atoms with Gasteiger partial charge in [-0.1, -0.05) is 23.8 Å². The van der Waals surface area contributed by atoms with Crippen molar-refractivity contribution in [2.24, 2.45) is 12.1 Å². The molecule has 26 heavy (non-hydrogen) atoms. The molecule has 7 nitrogen and oxygen atoms in total. The van der Waals surface area contributed by atoms with Crippen LogP contribution in [-0.4, -0.2) is 33.2 Å². The Bertz CT molecular complexity index is 1100. The van der Waals surface area contributed by atoms with Gasteiger partial charge < -0.3 is 19.3 Å². The van der Waals surface area contributed by atoms with E-state index in [9.17, 15) is 14.7 Å². The number of hydrogen-bond acceptors (Lipinski definition) is 4. The van der Waals surface area contributed by atoms with Crippen LogP contribution in [0.15, 0.2) is 52.0 Å². The van der Waals surface area contributed by atoms with Gasteiger partial charge in [0.25, 0.3) is 0 Å². The molecule has 2 aromatic rings. The highest BCUT2D eigenvalue weighted by Gasteiger charge is 2.26. The number of carboxylic acids is 1. The van der Waals surface area contributed by atoms with Gasteiger partial charge in [0.1, 0.15) is 11.7 Å². The van der Waals surface area contributed by atoms with Crippen LogP contribution in [0.4, 0.5) is 11.4 Å². The first-order valence-electron chi connectivity index (χ1n) is 7.79. The summed E-state index contributed by atoms with van der Waals surface area (Å²) in [5.74, 6) is -1.36. The molecule has 7 heteroatoms. The van der Waals surface area contributed by atoms with Crippen LogP contribution in [0.25, 0.3) is 6.08 Å². The number of hydrogen-bond donors (Lipinski definition) is 0. The van der Waals surface area contributed by atoms with E-state index in [4.69, 9.17) is 0 Å². The lowest BCUT2D eigenvalue weighted by Gasteiger charge is -2.29. The number of rotatable bonds is 3. The molecule has 0 radical (unpaired) electrons. The first-order valence-corrected chi connectivity index (χ1v) is 7.79. The molecule has 0 spiro atoms. The summed E-state index contributed by atoms with van der Waals surface area (Å²) in [4.78, 5) is 23.6. The van der Waals surface area contributed by atoms with Gasteiger partial charge in [0.15, 0.2) is 11.2 Å². The summed E-state index contributed by atoms with van der Waals surface area (Å²) < 4.78 is 4.60. The van der Waals surface area contributed by atoms with E-state index in [1.807, 2.05) is 36.0 Å². The van der Waals surface area contributed by atoms with Crippen LogP contribution in [-0.2, 0) is 11.8 Å². The highest BCUT2D eigenvalue weighted by Crippen LogP contribution is 2.38. The van der Waals surface area contributed by atoms with E-state index in [2.05, 4.69) is 18.5 Å². The van der Waals surface area contributed by atoms with Crippen molar-refractivity contribution >= 4 is 36.9 Å². The number of carbonyl (C=O) groups excluding carboxylic acids is 1. The molecule has 1 aromatic carbocycles. The Morgan fingerprint density at radius 3 is 2.77 bits per heavy atom. The summed E-state index contributed by atoms with van der Waals surface area (Å²) in [5, 5.41) is 15.8. The van der Waals surface area contributed by atoms with Crippen LogP contribution in [0.5, 0.6) is 0 Å². The quantitative estimate of drug-likeness (QED) is 0.339. The molecule has 0 saturated heterocycles. The molecular weight excluding hydrogens is 332 g/mol. The maximum absolute atomic E-state index is 12.3. The van der Waals surface area contributed by atoms with Crippen LogP contribution < -0.4 is 16.0 Å². The molecule has 1 aromatic heterocycles. The third kappa shape index (κ3) is 2.79. The maximum Gasteiger partial charge on any atom is 0.198 e.